The molecule has 0 aliphatic carbocycles. The lowest BCUT2D eigenvalue weighted by Gasteiger charge is -2.37. The summed E-state index contributed by atoms with van der Waals surface area (Å²) in [5.74, 6) is -0.142. The normalized spacial score (nSPS) is 28.0. The summed E-state index contributed by atoms with van der Waals surface area (Å²) >= 11 is 0. The van der Waals surface area contributed by atoms with E-state index in [0.29, 0.717) is 26.2 Å². The van der Waals surface area contributed by atoms with Crippen LogP contribution in [0.4, 0.5) is 19.0 Å². The minimum absolute atomic E-state index is 0.0487. The van der Waals surface area contributed by atoms with Gasteiger partial charge in [0.05, 0.1) is 18.3 Å². The molecule has 0 spiro atoms. The minimum atomic E-state index is -4.56. The molecule has 0 bridgehead atoms. The number of hydrogen-bond donors (Lipinski definition) is 1. The van der Waals surface area contributed by atoms with Crippen molar-refractivity contribution >= 4 is 5.82 Å². The summed E-state index contributed by atoms with van der Waals surface area (Å²) in [5, 5.41) is 19.5. The highest BCUT2D eigenvalue weighted by Crippen LogP contribution is 2.36. The quantitative estimate of drug-likeness (QED) is 0.894. The fraction of sp³-hybridized carbons (Fsp3) is 0.625. The molecule has 1 N–H and O–H groups in total. The predicted octanol–water partition coefficient (Wildman–Crippen LogP) is 2.34. The molecule has 0 saturated carbocycles. The number of pyridine rings is 1. The van der Waals surface area contributed by atoms with E-state index < -0.39 is 18.0 Å². The molecule has 2 saturated heterocycles. The molecule has 8 heteroatoms. The van der Waals surface area contributed by atoms with Crippen molar-refractivity contribution in [1.82, 2.24) is 4.98 Å². The molecule has 1 aromatic heterocycles. The summed E-state index contributed by atoms with van der Waals surface area (Å²) in [6, 6.07) is 3.73. The van der Waals surface area contributed by atoms with E-state index in [2.05, 4.69) is 4.98 Å². The molecule has 2 aliphatic rings. The van der Waals surface area contributed by atoms with Gasteiger partial charge in [-0.3, -0.25) is 0 Å². The number of nitrogens with zero attached hydrogens (tertiary/aromatic N) is 3. The lowest BCUT2D eigenvalue weighted by atomic mass is 9.89. The van der Waals surface area contributed by atoms with Crippen LogP contribution in [0.5, 0.6) is 0 Å². The summed E-state index contributed by atoms with van der Waals surface area (Å²) in [7, 11) is 0. The molecule has 24 heavy (non-hydrogen) atoms. The lowest BCUT2D eigenvalue weighted by Crippen LogP contribution is -2.46. The average Bonchev–Trinajstić information content (AvgIpc) is 3.03. The number of rotatable bonds is 2. The van der Waals surface area contributed by atoms with Crippen LogP contribution >= 0.6 is 0 Å². The Balaban J connectivity index is 1.95. The summed E-state index contributed by atoms with van der Waals surface area (Å²) in [5.41, 5.74) is -0.899. The van der Waals surface area contributed by atoms with Gasteiger partial charge >= 0.3 is 6.18 Å². The number of aromatic nitrogens is 1. The van der Waals surface area contributed by atoms with Gasteiger partial charge in [0.15, 0.2) is 0 Å². The number of aliphatic hydroxyl groups excluding tert-OH is 1. The molecule has 1 aromatic rings. The van der Waals surface area contributed by atoms with Gasteiger partial charge in [0.25, 0.3) is 0 Å². The molecule has 2 fully saturated rings. The van der Waals surface area contributed by atoms with Crippen molar-refractivity contribution in [2.75, 3.05) is 24.7 Å². The van der Waals surface area contributed by atoms with Crippen LogP contribution in [0.15, 0.2) is 12.1 Å². The van der Waals surface area contributed by atoms with E-state index in [1.807, 2.05) is 6.07 Å². The molecule has 2 aliphatic heterocycles. The second kappa shape index (κ2) is 6.57. The van der Waals surface area contributed by atoms with Crippen molar-refractivity contribution < 1.29 is 23.0 Å². The minimum Gasteiger partial charge on any atom is -0.393 e. The molecule has 3 rings (SSSR count). The molecule has 3 heterocycles. The molecule has 0 amide bonds. The van der Waals surface area contributed by atoms with Crippen LogP contribution in [-0.2, 0) is 10.9 Å². The van der Waals surface area contributed by atoms with Crippen LogP contribution in [-0.4, -0.2) is 42.0 Å². The Kier molecular flexibility index (Phi) is 4.65. The number of nitriles is 1. The lowest BCUT2D eigenvalue weighted by molar-refractivity contribution is -0.141. The summed E-state index contributed by atoms with van der Waals surface area (Å²) in [4.78, 5) is 5.46. The van der Waals surface area contributed by atoms with Crippen molar-refractivity contribution in [3.63, 3.8) is 0 Å². The number of ether oxygens (including phenoxy) is 1. The monoisotopic (exact) mass is 341 g/mol. The standard InChI is InChI=1S/C16H18F3N3O2/c17-16(18,19)14-4-3-10(8-20)15(21-14)22-6-1-2-12(22)11-9-24-7-5-13(11)23/h3-4,11-13,23H,1-2,5-7,9H2/t11-,12-,13-/m1/s1. The van der Waals surface area contributed by atoms with Crippen molar-refractivity contribution in [2.24, 2.45) is 5.92 Å². The first-order valence-corrected chi connectivity index (χ1v) is 7.92. The van der Waals surface area contributed by atoms with Gasteiger partial charge in [0, 0.05) is 25.1 Å². The highest BCUT2D eigenvalue weighted by Gasteiger charge is 2.40. The first kappa shape index (κ1) is 17.0. The topological polar surface area (TPSA) is 69.4 Å². The Labute approximate surface area is 137 Å². The Hall–Kier alpha value is -1.85. The van der Waals surface area contributed by atoms with E-state index in [1.54, 1.807) is 4.90 Å². The zero-order valence-corrected chi connectivity index (χ0v) is 13.0. The van der Waals surface area contributed by atoms with Gasteiger partial charge < -0.3 is 14.7 Å². The van der Waals surface area contributed by atoms with Crippen molar-refractivity contribution in [3.05, 3.63) is 23.4 Å². The van der Waals surface area contributed by atoms with Crippen LogP contribution in [0.1, 0.15) is 30.5 Å². The molecule has 3 atom stereocenters. The fourth-order valence-corrected chi connectivity index (χ4v) is 3.53. The first-order chi connectivity index (χ1) is 11.4. The Bertz CT molecular complexity index is 644. The van der Waals surface area contributed by atoms with Gasteiger partial charge in [-0.25, -0.2) is 4.98 Å². The zero-order valence-electron chi connectivity index (χ0n) is 13.0. The summed E-state index contributed by atoms with van der Waals surface area (Å²) in [6.07, 6.45) is -3.10. The van der Waals surface area contributed by atoms with Gasteiger partial charge in [-0.2, -0.15) is 18.4 Å². The van der Waals surface area contributed by atoms with Gasteiger partial charge in [-0.15, -0.1) is 0 Å². The molecule has 0 aromatic carbocycles. The van der Waals surface area contributed by atoms with Crippen LogP contribution in [0.3, 0.4) is 0 Å². The third kappa shape index (κ3) is 3.19. The fourth-order valence-electron chi connectivity index (χ4n) is 3.53. The molecule has 0 unspecified atom stereocenters. The smallest absolute Gasteiger partial charge is 0.393 e. The second-order valence-electron chi connectivity index (χ2n) is 6.17. The van der Waals surface area contributed by atoms with E-state index >= 15 is 0 Å². The first-order valence-electron chi connectivity index (χ1n) is 7.92. The number of aliphatic hydroxyl groups is 1. The highest BCUT2D eigenvalue weighted by molar-refractivity contribution is 5.56. The maximum absolute atomic E-state index is 13.0. The molecule has 130 valence electrons. The maximum Gasteiger partial charge on any atom is 0.433 e. The van der Waals surface area contributed by atoms with E-state index in [0.717, 1.165) is 25.0 Å². The number of hydrogen-bond acceptors (Lipinski definition) is 5. The Morgan fingerprint density at radius 2 is 2.12 bits per heavy atom. The zero-order chi connectivity index (χ0) is 17.3. The number of alkyl halides is 3. The molecular formula is C16H18F3N3O2. The van der Waals surface area contributed by atoms with Crippen LogP contribution in [0.2, 0.25) is 0 Å². The van der Waals surface area contributed by atoms with Crippen molar-refractivity contribution in [3.8, 4) is 6.07 Å². The predicted molar refractivity (Wildman–Crippen MR) is 79.3 cm³/mol. The van der Waals surface area contributed by atoms with E-state index in [9.17, 15) is 23.5 Å². The van der Waals surface area contributed by atoms with Crippen molar-refractivity contribution in [1.29, 1.82) is 5.26 Å². The second-order valence-corrected chi connectivity index (χ2v) is 6.17. The largest absolute Gasteiger partial charge is 0.433 e. The highest BCUT2D eigenvalue weighted by atomic mass is 19.4. The van der Waals surface area contributed by atoms with Gasteiger partial charge in [0.2, 0.25) is 0 Å². The van der Waals surface area contributed by atoms with Crippen LogP contribution in [0.25, 0.3) is 0 Å². The Morgan fingerprint density at radius 3 is 2.79 bits per heavy atom. The van der Waals surface area contributed by atoms with Crippen LogP contribution < -0.4 is 4.90 Å². The van der Waals surface area contributed by atoms with Gasteiger partial charge in [0.1, 0.15) is 17.6 Å². The third-order valence-electron chi connectivity index (χ3n) is 4.71. The average molecular weight is 341 g/mol. The molecule has 0 radical (unpaired) electrons. The van der Waals surface area contributed by atoms with Gasteiger partial charge in [-0.1, -0.05) is 0 Å². The number of anilines is 1. The van der Waals surface area contributed by atoms with Gasteiger partial charge in [-0.05, 0) is 31.4 Å². The van der Waals surface area contributed by atoms with E-state index in [4.69, 9.17) is 4.74 Å². The molecule has 5 nitrogen and oxygen atoms in total. The van der Waals surface area contributed by atoms with Crippen LogP contribution in [0, 0.1) is 17.2 Å². The summed E-state index contributed by atoms with van der Waals surface area (Å²) < 4.78 is 44.4. The molecular weight excluding hydrogens is 323 g/mol. The Morgan fingerprint density at radius 1 is 1.33 bits per heavy atom. The third-order valence-corrected chi connectivity index (χ3v) is 4.71. The van der Waals surface area contributed by atoms with Crippen molar-refractivity contribution in [2.45, 2.75) is 37.6 Å². The summed E-state index contributed by atoms with van der Waals surface area (Å²) in [6.45, 7) is 1.36. The van der Waals surface area contributed by atoms with E-state index in [-0.39, 0.29) is 23.3 Å². The number of halogens is 3. The van der Waals surface area contributed by atoms with E-state index in [1.165, 1.54) is 0 Å². The maximum atomic E-state index is 13.0. The SMILES string of the molecule is N#Cc1ccc(C(F)(F)F)nc1N1CCC[C@@H]1[C@H]1COCC[C@H]1O.